The molecule has 0 radical (unpaired) electrons. The summed E-state index contributed by atoms with van der Waals surface area (Å²) in [6.45, 7) is 10.4. The highest BCUT2D eigenvalue weighted by Gasteiger charge is 2.25. The van der Waals surface area contributed by atoms with E-state index in [0.29, 0.717) is 17.9 Å². The van der Waals surface area contributed by atoms with Crippen LogP contribution in [0.15, 0.2) is 35.3 Å². The minimum atomic E-state index is 0. The summed E-state index contributed by atoms with van der Waals surface area (Å²) in [7, 11) is 2.21. The first kappa shape index (κ1) is 22.2. The van der Waals surface area contributed by atoms with Crippen molar-refractivity contribution in [2.45, 2.75) is 26.3 Å². The molecule has 1 unspecified atom stereocenters. The number of guanidine groups is 1. The van der Waals surface area contributed by atoms with Crippen LogP contribution < -0.4 is 11.1 Å². The predicted molar refractivity (Wildman–Crippen MR) is 118 cm³/mol. The number of aliphatic imine (C=N–C) groups is 1. The van der Waals surface area contributed by atoms with Gasteiger partial charge in [0.25, 0.3) is 0 Å². The highest BCUT2D eigenvalue weighted by molar-refractivity contribution is 14.0. The molecule has 0 amide bonds. The van der Waals surface area contributed by atoms with Gasteiger partial charge in [-0.25, -0.2) is 0 Å². The summed E-state index contributed by atoms with van der Waals surface area (Å²) in [5.41, 5.74) is 7.31. The van der Waals surface area contributed by atoms with Gasteiger partial charge in [0.15, 0.2) is 5.96 Å². The van der Waals surface area contributed by atoms with Crippen LogP contribution >= 0.6 is 24.0 Å². The van der Waals surface area contributed by atoms with E-state index in [-0.39, 0.29) is 24.0 Å². The topological polar surface area (TPSA) is 56.9 Å². The summed E-state index contributed by atoms with van der Waals surface area (Å²) >= 11 is 0. The molecule has 0 spiro atoms. The van der Waals surface area contributed by atoms with Crippen LogP contribution in [0.4, 0.5) is 0 Å². The van der Waals surface area contributed by atoms with E-state index >= 15 is 0 Å². The number of hydrogen-bond acceptors (Lipinski definition) is 3. The van der Waals surface area contributed by atoms with Crippen LogP contribution in [0.2, 0.25) is 0 Å². The Kier molecular flexibility index (Phi) is 10.4. The Morgan fingerprint density at radius 1 is 1.28 bits per heavy atom. The SMILES string of the molecule is CC(C)CN=C(N)NCCCN1CCN(C)CC1c1ccccc1.I. The third kappa shape index (κ3) is 7.92. The van der Waals surface area contributed by atoms with Crippen molar-refractivity contribution < 1.29 is 0 Å². The summed E-state index contributed by atoms with van der Waals surface area (Å²) < 4.78 is 0. The van der Waals surface area contributed by atoms with Gasteiger partial charge >= 0.3 is 0 Å². The summed E-state index contributed by atoms with van der Waals surface area (Å²) in [6, 6.07) is 11.3. The second kappa shape index (κ2) is 11.7. The zero-order valence-corrected chi connectivity index (χ0v) is 18.1. The van der Waals surface area contributed by atoms with Gasteiger partial charge in [-0.3, -0.25) is 9.89 Å². The Labute approximate surface area is 170 Å². The molecule has 6 heteroatoms. The molecule has 1 aromatic rings. The van der Waals surface area contributed by atoms with Gasteiger partial charge in [0.05, 0.1) is 0 Å². The minimum Gasteiger partial charge on any atom is -0.370 e. The maximum atomic E-state index is 5.90. The van der Waals surface area contributed by atoms with Gasteiger partial charge in [-0.15, -0.1) is 24.0 Å². The van der Waals surface area contributed by atoms with E-state index in [1.54, 1.807) is 0 Å². The van der Waals surface area contributed by atoms with Gasteiger partial charge in [-0.1, -0.05) is 44.2 Å². The van der Waals surface area contributed by atoms with E-state index in [4.69, 9.17) is 5.73 Å². The third-order valence-corrected chi connectivity index (χ3v) is 4.43. The molecule has 5 nitrogen and oxygen atoms in total. The van der Waals surface area contributed by atoms with Gasteiger partial charge < -0.3 is 16.0 Å². The molecule has 1 aliphatic heterocycles. The monoisotopic (exact) mass is 459 g/mol. The lowest BCUT2D eigenvalue weighted by atomic mass is 10.0. The largest absolute Gasteiger partial charge is 0.370 e. The highest BCUT2D eigenvalue weighted by Crippen LogP contribution is 2.24. The van der Waals surface area contributed by atoms with E-state index in [1.165, 1.54) is 5.56 Å². The lowest BCUT2D eigenvalue weighted by Crippen LogP contribution is -2.47. The Bertz CT molecular complexity index is 506. The quantitative estimate of drug-likeness (QED) is 0.285. The molecule has 0 saturated carbocycles. The third-order valence-electron chi connectivity index (χ3n) is 4.43. The van der Waals surface area contributed by atoms with Crippen LogP contribution in [0.25, 0.3) is 0 Å². The van der Waals surface area contributed by atoms with E-state index in [0.717, 1.165) is 45.7 Å². The molecule has 25 heavy (non-hydrogen) atoms. The molecule has 142 valence electrons. The molecule has 1 aromatic carbocycles. The Morgan fingerprint density at radius 3 is 2.68 bits per heavy atom. The van der Waals surface area contributed by atoms with E-state index < -0.39 is 0 Å². The maximum Gasteiger partial charge on any atom is 0.188 e. The maximum absolute atomic E-state index is 5.90. The fraction of sp³-hybridized carbons (Fsp3) is 0.632. The summed E-state index contributed by atoms with van der Waals surface area (Å²) in [6.07, 6.45) is 1.07. The van der Waals surface area contributed by atoms with Gasteiger partial charge in [0, 0.05) is 45.3 Å². The van der Waals surface area contributed by atoms with Crippen LogP contribution in [0.5, 0.6) is 0 Å². The van der Waals surface area contributed by atoms with Gasteiger partial charge in [0.1, 0.15) is 0 Å². The van der Waals surface area contributed by atoms with Gasteiger partial charge in [-0.05, 0) is 24.9 Å². The van der Waals surface area contributed by atoms with Crippen LogP contribution in [0.3, 0.4) is 0 Å². The Balaban J connectivity index is 0.00000312. The minimum absolute atomic E-state index is 0. The molecule has 2 rings (SSSR count). The van der Waals surface area contributed by atoms with E-state index in [9.17, 15) is 0 Å². The van der Waals surface area contributed by atoms with E-state index in [1.807, 2.05) is 0 Å². The normalized spacial score (nSPS) is 19.7. The molecule has 1 heterocycles. The van der Waals surface area contributed by atoms with Crippen LogP contribution in [-0.2, 0) is 0 Å². The van der Waals surface area contributed by atoms with Crippen molar-refractivity contribution in [3.05, 3.63) is 35.9 Å². The first-order chi connectivity index (χ1) is 11.6. The number of piperazine rings is 1. The highest BCUT2D eigenvalue weighted by atomic mass is 127. The fourth-order valence-electron chi connectivity index (χ4n) is 3.05. The zero-order chi connectivity index (χ0) is 17.4. The molecule has 1 fully saturated rings. The van der Waals surface area contributed by atoms with Crippen LogP contribution in [0.1, 0.15) is 31.9 Å². The molecule has 3 N–H and O–H groups in total. The van der Waals surface area contributed by atoms with Crippen LogP contribution in [-0.4, -0.2) is 62.1 Å². The Morgan fingerprint density at radius 2 is 2.00 bits per heavy atom. The molecular formula is C19H34IN5. The van der Waals surface area contributed by atoms with Crippen LogP contribution in [0, 0.1) is 5.92 Å². The van der Waals surface area contributed by atoms with Crippen molar-refractivity contribution in [3.8, 4) is 0 Å². The number of benzene rings is 1. The van der Waals surface area contributed by atoms with Crippen molar-refractivity contribution in [1.29, 1.82) is 0 Å². The predicted octanol–water partition coefficient (Wildman–Crippen LogP) is 2.54. The molecule has 0 bridgehead atoms. The summed E-state index contributed by atoms with van der Waals surface area (Å²) in [4.78, 5) is 9.36. The average Bonchev–Trinajstić information content (AvgIpc) is 2.58. The van der Waals surface area contributed by atoms with Gasteiger partial charge in [0.2, 0.25) is 0 Å². The number of likely N-dealkylation sites (N-methyl/N-ethyl adjacent to an activating group) is 1. The second-order valence-electron chi connectivity index (χ2n) is 7.12. The zero-order valence-electron chi connectivity index (χ0n) is 15.8. The standard InChI is InChI=1S/C19H33N5.HI/c1-16(2)14-22-19(20)21-10-7-11-24-13-12-23(3)15-18(24)17-8-5-4-6-9-17;/h4-6,8-9,16,18H,7,10-15H2,1-3H3,(H3,20,21,22);1H. The van der Waals surface area contributed by atoms with E-state index in [2.05, 4.69) is 71.3 Å². The molecule has 1 atom stereocenters. The molecule has 0 aromatic heterocycles. The lowest BCUT2D eigenvalue weighted by Gasteiger charge is -2.40. The number of halogens is 1. The smallest absolute Gasteiger partial charge is 0.188 e. The van der Waals surface area contributed by atoms with Gasteiger partial charge in [-0.2, -0.15) is 0 Å². The molecule has 1 aliphatic rings. The number of hydrogen-bond donors (Lipinski definition) is 2. The van der Waals surface area contributed by atoms with Crippen molar-refractivity contribution in [3.63, 3.8) is 0 Å². The van der Waals surface area contributed by atoms with Crippen molar-refractivity contribution in [1.82, 2.24) is 15.1 Å². The average molecular weight is 459 g/mol. The summed E-state index contributed by atoms with van der Waals surface area (Å²) in [5, 5.41) is 3.23. The number of nitrogens with two attached hydrogens (primary N) is 1. The number of rotatable bonds is 7. The first-order valence-electron chi connectivity index (χ1n) is 9.07. The first-order valence-corrected chi connectivity index (χ1v) is 9.07. The van der Waals surface area contributed by atoms with Crippen molar-refractivity contribution >= 4 is 29.9 Å². The number of nitrogens with zero attached hydrogens (tertiary/aromatic N) is 3. The molecule has 0 aliphatic carbocycles. The van der Waals surface area contributed by atoms with Crippen molar-refractivity contribution in [2.24, 2.45) is 16.6 Å². The lowest BCUT2D eigenvalue weighted by molar-refractivity contribution is 0.0891. The van der Waals surface area contributed by atoms with Crippen molar-refractivity contribution in [2.75, 3.05) is 46.3 Å². The number of nitrogens with one attached hydrogen (secondary N) is 1. The molecule has 1 saturated heterocycles. The Hall–Kier alpha value is -0.860. The molecular weight excluding hydrogens is 425 g/mol. The summed E-state index contributed by atoms with van der Waals surface area (Å²) in [5.74, 6) is 1.11. The second-order valence-corrected chi connectivity index (χ2v) is 7.12. The fourth-order valence-corrected chi connectivity index (χ4v) is 3.05.